The van der Waals surface area contributed by atoms with Crippen LogP contribution < -0.4 is 5.32 Å². The standard InChI is InChI=1S/C18H22N2O/c1-13-6-7-17(16-5-3-2-4-15(13)16)20-12-18(21)14-8-10-19-11-9-14/h2-5,8-11,13,17-18,20-21H,6-7,12H2,1H3. The number of aromatic nitrogens is 1. The summed E-state index contributed by atoms with van der Waals surface area (Å²) in [7, 11) is 0. The van der Waals surface area contributed by atoms with E-state index in [1.165, 1.54) is 17.5 Å². The van der Waals surface area contributed by atoms with Gasteiger partial charge in [-0.05, 0) is 47.6 Å². The van der Waals surface area contributed by atoms with E-state index in [0.717, 1.165) is 12.0 Å². The van der Waals surface area contributed by atoms with E-state index in [9.17, 15) is 5.11 Å². The molecule has 0 saturated carbocycles. The van der Waals surface area contributed by atoms with Crippen LogP contribution in [0.15, 0.2) is 48.8 Å². The lowest BCUT2D eigenvalue weighted by molar-refractivity contribution is 0.167. The highest BCUT2D eigenvalue weighted by Crippen LogP contribution is 2.37. The fourth-order valence-corrected chi connectivity index (χ4v) is 3.17. The van der Waals surface area contributed by atoms with Gasteiger partial charge in [0, 0.05) is 25.0 Å². The van der Waals surface area contributed by atoms with Crippen molar-refractivity contribution < 1.29 is 5.11 Å². The van der Waals surface area contributed by atoms with Gasteiger partial charge in [-0.2, -0.15) is 0 Å². The summed E-state index contributed by atoms with van der Waals surface area (Å²) in [6.07, 6.45) is 5.27. The molecule has 3 nitrogen and oxygen atoms in total. The van der Waals surface area contributed by atoms with Crippen LogP contribution in [0, 0.1) is 0 Å². The largest absolute Gasteiger partial charge is 0.387 e. The second kappa shape index (κ2) is 6.37. The van der Waals surface area contributed by atoms with E-state index in [2.05, 4.69) is 41.5 Å². The molecule has 21 heavy (non-hydrogen) atoms. The zero-order valence-electron chi connectivity index (χ0n) is 12.4. The van der Waals surface area contributed by atoms with Gasteiger partial charge in [-0.25, -0.2) is 0 Å². The van der Waals surface area contributed by atoms with Crippen LogP contribution >= 0.6 is 0 Å². The van der Waals surface area contributed by atoms with Crippen molar-refractivity contribution in [2.75, 3.05) is 6.54 Å². The van der Waals surface area contributed by atoms with Crippen LogP contribution in [0.5, 0.6) is 0 Å². The molecule has 3 rings (SSSR count). The minimum atomic E-state index is -0.487. The van der Waals surface area contributed by atoms with Gasteiger partial charge in [0.15, 0.2) is 0 Å². The van der Waals surface area contributed by atoms with Crippen molar-refractivity contribution in [3.63, 3.8) is 0 Å². The van der Waals surface area contributed by atoms with Crippen LogP contribution in [-0.2, 0) is 0 Å². The molecule has 3 heteroatoms. The Hall–Kier alpha value is -1.71. The lowest BCUT2D eigenvalue weighted by Gasteiger charge is -2.31. The minimum Gasteiger partial charge on any atom is -0.387 e. The third-order valence-electron chi connectivity index (χ3n) is 4.44. The molecule has 0 aliphatic heterocycles. The van der Waals surface area contributed by atoms with Gasteiger partial charge in [0.05, 0.1) is 6.10 Å². The van der Waals surface area contributed by atoms with E-state index in [4.69, 9.17) is 0 Å². The van der Waals surface area contributed by atoms with Gasteiger partial charge in [0.25, 0.3) is 0 Å². The predicted molar refractivity (Wildman–Crippen MR) is 84.0 cm³/mol. The van der Waals surface area contributed by atoms with E-state index in [1.807, 2.05) is 12.1 Å². The molecule has 1 heterocycles. The molecule has 2 aromatic rings. The van der Waals surface area contributed by atoms with Crippen LogP contribution in [0.3, 0.4) is 0 Å². The van der Waals surface area contributed by atoms with Gasteiger partial charge in [0.1, 0.15) is 0 Å². The van der Waals surface area contributed by atoms with Crippen LogP contribution in [0.1, 0.15) is 54.5 Å². The van der Waals surface area contributed by atoms with Crippen LogP contribution in [-0.4, -0.2) is 16.6 Å². The smallest absolute Gasteiger partial charge is 0.0915 e. The number of nitrogens with one attached hydrogen (secondary N) is 1. The predicted octanol–water partition coefficient (Wildman–Crippen LogP) is 3.34. The Morgan fingerprint density at radius 1 is 1.14 bits per heavy atom. The van der Waals surface area contributed by atoms with Crippen LogP contribution in [0.25, 0.3) is 0 Å². The molecule has 3 atom stereocenters. The zero-order chi connectivity index (χ0) is 14.7. The summed E-state index contributed by atoms with van der Waals surface area (Å²) in [5, 5.41) is 13.8. The molecule has 1 aromatic carbocycles. The maximum atomic E-state index is 10.3. The molecule has 110 valence electrons. The number of hydrogen-bond acceptors (Lipinski definition) is 3. The highest BCUT2D eigenvalue weighted by atomic mass is 16.3. The second-order valence-corrected chi connectivity index (χ2v) is 5.86. The maximum absolute atomic E-state index is 10.3. The van der Waals surface area contributed by atoms with Crippen molar-refractivity contribution >= 4 is 0 Å². The number of rotatable bonds is 4. The summed E-state index contributed by atoms with van der Waals surface area (Å²) in [5.41, 5.74) is 3.74. The van der Waals surface area contributed by atoms with Crippen molar-refractivity contribution in [3.05, 3.63) is 65.5 Å². The normalized spacial score (nSPS) is 22.6. The summed E-state index contributed by atoms with van der Waals surface area (Å²) in [6.45, 7) is 2.86. The van der Waals surface area contributed by atoms with Gasteiger partial charge in [-0.1, -0.05) is 31.2 Å². The van der Waals surface area contributed by atoms with Gasteiger partial charge in [-0.3, -0.25) is 4.98 Å². The molecular weight excluding hydrogens is 260 g/mol. The minimum absolute atomic E-state index is 0.342. The van der Waals surface area contributed by atoms with E-state index < -0.39 is 6.10 Å². The summed E-state index contributed by atoms with van der Waals surface area (Å²) >= 11 is 0. The first-order valence-electron chi connectivity index (χ1n) is 7.66. The van der Waals surface area contributed by atoms with E-state index in [1.54, 1.807) is 12.4 Å². The zero-order valence-corrected chi connectivity index (χ0v) is 12.4. The number of aliphatic hydroxyl groups excluding tert-OH is 1. The topological polar surface area (TPSA) is 45.1 Å². The van der Waals surface area contributed by atoms with Crippen molar-refractivity contribution in [2.45, 2.75) is 37.8 Å². The number of fused-ring (bicyclic) bond motifs is 1. The Bertz CT molecular complexity index is 585. The molecule has 0 fully saturated rings. The fourth-order valence-electron chi connectivity index (χ4n) is 3.17. The maximum Gasteiger partial charge on any atom is 0.0915 e. The van der Waals surface area contributed by atoms with Gasteiger partial charge < -0.3 is 10.4 Å². The molecule has 3 unspecified atom stereocenters. The monoisotopic (exact) mass is 282 g/mol. The van der Waals surface area contributed by atoms with Crippen molar-refractivity contribution in [3.8, 4) is 0 Å². The van der Waals surface area contributed by atoms with E-state index in [-0.39, 0.29) is 0 Å². The average Bonchev–Trinajstić information content (AvgIpc) is 2.55. The highest BCUT2D eigenvalue weighted by Gasteiger charge is 2.24. The van der Waals surface area contributed by atoms with Crippen molar-refractivity contribution in [2.24, 2.45) is 0 Å². The molecule has 2 N–H and O–H groups in total. The molecule has 0 bridgehead atoms. The quantitative estimate of drug-likeness (QED) is 0.904. The van der Waals surface area contributed by atoms with Gasteiger partial charge >= 0.3 is 0 Å². The van der Waals surface area contributed by atoms with Gasteiger partial charge in [0.2, 0.25) is 0 Å². The third-order valence-corrected chi connectivity index (χ3v) is 4.44. The highest BCUT2D eigenvalue weighted by molar-refractivity contribution is 5.35. The van der Waals surface area contributed by atoms with Gasteiger partial charge in [-0.15, -0.1) is 0 Å². The Morgan fingerprint density at radius 3 is 2.62 bits per heavy atom. The summed E-state index contributed by atoms with van der Waals surface area (Å²) in [5.74, 6) is 0.629. The Labute approximate surface area is 126 Å². The first-order chi connectivity index (χ1) is 10.3. The number of aliphatic hydroxyl groups is 1. The number of benzene rings is 1. The Balaban J connectivity index is 1.68. The summed E-state index contributed by atoms with van der Waals surface area (Å²) in [6, 6.07) is 12.7. The molecule has 1 aliphatic rings. The SMILES string of the molecule is CC1CCC(NCC(O)c2ccncc2)c2ccccc21. The summed E-state index contributed by atoms with van der Waals surface area (Å²) in [4.78, 5) is 3.98. The second-order valence-electron chi connectivity index (χ2n) is 5.86. The number of nitrogens with zero attached hydrogens (tertiary/aromatic N) is 1. The molecule has 0 spiro atoms. The fraction of sp³-hybridized carbons (Fsp3) is 0.389. The van der Waals surface area contributed by atoms with E-state index >= 15 is 0 Å². The lowest BCUT2D eigenvalue weighted by atomic mass is 9.81. The van der Waals surface area contributed by atoms with Crippen molar-refractivity contribution in [1.29, 1.82) is 0 Å². The van der Waals surface area contributed by atoms with Crippen LogP contribution in [0.2, 0.25) is 0 Å². The number of pyridine rings is 1. The Kier molecular flexibility index (Phi) is 4.32. The Morgan fingerprint density at radius 2 is 1.86 bits per heavy atom. The third kappa shape index (κ3) is 3.14. The van der Waals surface area contributed by atoms with Crippen molar-refractivity contribution in [1.82, 2.24) is 10.3 Å². The lowest BCUT2D eigenvalue weighted by Crippen LogP contribution is -2.29. The molecule has 0 saturated heterocycles. The average molecular weight is 282 g/mol. The molecule has 1 aromatic heterocycles. The first kappa shape index (κ1) is 14.2. The van der Waals surface area contributed by atoms with Crippen LogP contribution in [0.4, 0.5) is 0 Å². The summed E-state index contributed by atoms with van der Waals surface area (Å²) < 4.78 is 0. The molecular formula is C18H22N2O. The molecule has 0 amide bonds. The van der Waals surface area contributed by atoms with E-state index in [0.29, 0.717) is 18.5 Å². The first-order valence-corrected chi connectivity index (χ1v) is 7.66. The molecule has 1 aliphatic carbocycles. The number of hydrogen-bond donors (Lipinski definition) is 2. The molecule has 0 radical (unpaired) electrons.